The molecule has 1 heterocycles. The van der Waals surface area contributed by atoms with Crippen LogP contribution in [0.1, 0.15) is 0 Å². The van der Waals surface area contributed by atoms with Crippen LogP contribution in [0, 0.1) is 0 Å². The molecule has 0 amide bonds. The van der Waals surface area contributed by atoms with E-state index in [-0.39, 0.29) is 0 Å². The molecule has 0 aliphatic carbocycles. The third-order valence-corrected chi connectivity index (χ3v) is 5.46. The maximum Gasteiger partial charge on any atom is 0.0784 e. The molecule has 1 nitrogen and oxygen atoms in total. The summed E-state index contributed by atoms with van der Waals surface area (Å²) in [5.74, 6) is 0. The third kappa shape index (κ3) is 1.83. The van der Waals surface area contributed by atoms with Gasteiger partial charge >= 0.3 is 0 Å². The van der Waals surface area contributed by atoms with Crippen molar-refractivity contribution in [2.24, 2.45) is 0 Å². The minimum atomic E-state index is -1.31. The summed E-state index contributed by atoms with van der Waals surface area (Å²) in [6.45, 7) is 7.19. The molecule has 0 unspecified atom stereocenters. The van der Waals surface area contributed by atoms with Gasteiger partial charge in [-0.25, -0.2) is 0 Å². The summed E-state index contributed by atoms with van der Waals surface area (Å²) in [6.07, 6.45) is 1.86. The van der Waals surface area contributed by atoms with Gasteiger partial charge in [0.25, 0.3) is 0 Å². The van der Waals surface area contributed by atoms with Gasteiger partial charge in [-0.15, -0.1) is 0 Å². The van der Waals surface area contributed by atoms with Crippen LogP contribution < -0.4 is 5.19 Å². The first-order chi connectivity index (χ1) is 8.55. The van der Waals surface area contributed by atoms with Crippen LogP contribution in [-0.4, -0.2) is 13.1 Å². The molecular formula is C16H17NSi. The number of rotatable bonds is 1. The number of aromatic nitrogens is 1. The van der Waals surface area contributed by atoms with Crippen molar-refractivity contribution in [2.75, 3.05) is 0 Å². The number of benzene rings is 2. The molecule has 0 N–H and O–H groups in total. The van der Waals surface area contributed by atoms with Crippen LogP contribution in [0.3, 0.4) is 0 Å². The molecule has 0 bridgehead atoms. The van der Waals surface area contributed by atoms with Crippen LogP contribution in [0.5, 0.6) is 0 Å². The second-order valence-electron chi connectivity index (χ2n) is 5.83. The van der Waals surface area contributed by atoms with E-state index in [2.05, 4.69) is 61.0 Å². The van der Waals surface area contributed by atoms with E-state index in [1.165, 1.54) is 21.3 Å². The average Bonchev–Trinajstić information content (AvgIpc) is 2.34. The van der Waals surface area contributed by atoms with Gasteiger partial charge in [0.2, 0.25) is 0 Å². The maximum absolute atomic E-state index is 4.43. The Bertz CT molecular complexity index is 726. The monoisotopic (exact) mass is 251 g/mol. The first kappa shape index (κ1) is 11.4. The van der Waals surface area contributed by atoms with Crippen molar-refractivity contribution in [1.29, 1.82) is 0 Å². The molecule has 0 spiro atoms. The molecule has 0 atom stereocenters. The predicted molar refractivity (Wildman–Crippen MR) is 82.2 cm³/mol. The van der Waals surface area contributed by atoms with Gasteiger partial charge < -0.3 is 0 Å². The van der Waals surface area contributed by atoms with Gasteiger partial charge in [-0.2, -0.15) is 0 Å². The quantitative estimate of drug-likeness (QED) is 0.471. The minimum absolute atomic E-state index is 1.08. The van der Waals surface area contributed by atoms with Gasteiger partial charge in [0, 0.05) is 11.6 Å². The van der Waals surface area contributed by atoms with Crippen LogP contribution >= 0.6 is 0 Å². The largest absolute Gasteiger partial charge is 0.256 e. The Morgan fingerprint density at radius 1 is 0.889 bits per heavy atom. The average molecular weight is 251 g/mol. The van der Waals surface area contributed by atoms with Gasteiger partial charge in [-0.3, -0.25) is 4.98 Å². The summed E-state index contributed by atoms with van der Waals surface area (Å²) in [6, 6.07) is 15.3. The third-order valence-electron chi connectivity index (χ3n) is 3.41. The molecule has 0 aliphatic rings. The summed E-state index contributed by atoms with van der Waals surface area (Å²) in [5.41, 5.74) is 1.08. The van der Waals surface area contributed by atoms with E-state index in [0.717, 1.165) is 5.52 Å². The van der Waals surface area contributed by atoms with E-state index in [0.29, 0.717) is 0 Å². The van der Waals surface area contributed by atoms with Crippen molar-refractivity contribution in [2.45, 2.75) is 19.6 Å². The van der Waals surface area contributed by atoms with Crippen molar-refractivity contribution >= 4 is 34.9 Å². The molecule has 0 radical (unpaired) electrons. The van der Waals surface area contributed by atoms with Gasteiger partial charge in [0.1, 0.15) is 0 Å². The normalized spacial score (nSPS) is 12.2. The maximum atomic E-state index is 4.43. The highest BCUT2D eigenvalue weighted by Gasteiger charge is 2.18. The van der Waals surface area contributed by atoms with Crippen molar-refractivity contribution in [3.63, 3.8) is 0 Å². The molecule has 2 aromatic carbocycles. The van der Waals surface area contributed by atoms with E-state index >= 15 is 0 Å². The summed E-state index contributed by atoms with van der Waals surface area (Å²) >= 11 is 0. The SMILES string of the molecule is C[Si](C)(C)c1cccc2cc3ncccc3cc12. The predicted octanol–water partition coefficient (Wildman–Crippen LogP) is 3.93. The van der Waals surface area contributed by atoms with Crippen molar-refractivity contribution in [3.8, 4) is 0 Å². The minimum Gasteiger partial charge on any atom is -0.256 e. The number of fused-ring (bicyclic) bond motifs is 2. The Kier molecular flexibility index (Phi) is 2.49. The fourth-order valence-electron chi connectivity index (χ4n) is 2.50. The van der Waals surface area contributed by atoms with Crippen LogP contribution in [0.4, 0.5) is 0 Å². The zero-order chi connectivity index (χ0) is 12.8. The molecule has 0 saturated heterocycles. The molecule has 0 aliphatic heterocycles. The summed E-state index contributed by atoms with van der Waals surface area (Å²) in [7, 11) is -1.31. The fraction of sp³-hybridized carbons (Fsp3) is 0.188. The lowest BCUT2D eigenvalue weighted by Gasteiger charge is -2.19. The Morgan fingerprint density at radius 2 is 1.67 bits per heavy atom. The second kappa shape index (κ2) is 3.92. The lowest BCUT2D eigenvalue weighted by atomic mass is 10.1. The fourth-order valence-corrected chi connectivity index (χ4v) is 4.12. The van der Waals surface area contributed by atoms with E-state index in [1.54, 1.807) is 0 Å². The Balaban J connectivity index is 2.44. The molecule has 0 fully saturated rings. The molecule has 90 valence electrons. The first-order valence-electron chi connectivity index (χ1n) is 6.34. The number of pyridine rings is 1. The van der Waals surface area contributed by atoms with E-state index in [9.17, 15) is 0 Å². The Labute approximate surface area is 108 Å². The molecule has 0 saturated carbocycles. The van der Waals surface area contributed by atoms with E-state index in [4.69, 9.17) is 0 Å². The summed E-state index contributed by atoms with van der Waals surface area (Å²) in [5, 5.41) is 5.47. The highest BCUT2D eigenvalue weighted by molar-refractivity contribution is 6.90. The lowest BCUT2D eigenvalue weighted by Crippen LogP contribution is -2.37. The number of nitrogens with zero attached hydrogens (tertiary/aromatic N) is 1. The van der Waals surface area contributed by atoms with Gasteiger partial charge in [-0.1, -0.05) is 49.1 Å². The molecular weight excluding hydrogens is 234 g/mol. The van der Waals surface area contributed by atoms with Crippen LogP contribution in [-0.2, 0) is 0 Å². The first-order valence-corrected chi connectivity index (χ1v) is 9.84. The molecule has 3 rings (SSSR count). The molecule has 1 aromatic heterocycles. The Hall–Kier alpha value is -1.67. The van der Waals surface area contributed by atoms with Gasteiger partial charge in [-0.05, 0) is 29.0 Å². The summed E-state index contributed by atoms with van der Waals surface area (Å²) in [4.78, 5) is 4.43. The van der Waals surface area contributed by atoms with E-state index in [1.807, 2.05) is 12.3 Å². The van der Waals surface area contributed by atoms with Crippen molar-refractivity contribution in [1.82, 2.24) is 4.98 Å². The highest BCUT2D eigenvalue weighted by atomic mass is 28.3. The van der Waals surface area contributed by atoms with Gasteiger partial charge in [0.15, 0.2) is 0 Å². The lowest BCUT2D eigenvalue weighted by molar-refractivity contribution is 1.42. The second-order valence-corrected chi connectivity index (χ2v) is 10.9. The molecule has 3 aromatic rings. The smallest absolute Gasteiger partial charge is 0.0784 e. The molecule has 2 heteroatoms. The highest BCUT2D eigenvalue weighted by Crippen LogP contribution is 2.22. The van der Waals surface area contributed by atoms with Crippen LogP contribution in [0.25, 0.3) is 21.7 Å². The van der Waals surface area contributed by atoms with Crippen molar-refractivity contribution in [3.05, 3.63) is 48.7 Å². The van der Waals surface area contributed by atoms with Crippen LogP contribution in [0.2, 0.25) is 19.6 Å². The Morgan fingerprint density at radius 3 is 2.44 bits per heavy atom. The zero-order valence-corrected chi connectivity index (χ0v) is 12.1. The topological polar surface area (TPSA) is 12.9 Å². The van der Waals surface area contributed by atoms with Crippen LogP contribution in [0.15, 0.2) is 48.7 Å². The standard InChI is InChI=1S/C16H17NSi/c1-18(2,3)16-8-4-6-12-11-15-13(10-14(12)16)7-5-9-17-15/h4-11H,1-3H3. The number of hydrogen-bond acceptors (Lipinski definition) is 1. The van der Waals surface area contributed by atoms with E-state index < -0.39 is 8.07 Å². The number of hydrogen-bond donors (Lipinski definition) is 0. The van der Waals surface area contributed by atoms with Crippen molar-refractivity contribution < 1.29 is 0 Å². The summed E-state index contributed by atoms with van der Waals surface area (Å²) < 4.78 is 0. The zero-order valence-electron chi connectivity index (χ0n) is 11.1. The molecule has 18 heavy (non-hydrogen) atoms. The van der Waals surface area contributed by atoms with Gasteiger partial charge in [0.05, 0.1) is 13.6 Å².